The maximum Gasteiger partial charge on any atom is 0.325 e. The van der Waals surface area contributed by atoms with Crippen LogP contribution >= 0.6 is 22.9 Å². The Morgan fingerprint density at radius 1 is 1.23 bits per heavy atom. The predicted molar refractivity (Wildman–Crippen MR) is 103 cm³/mol. The zero-order valence-electron chi connectivity index (χ0n) is 13.9. The summed E-state index contributed by atoms with van der Waals surface area (Å²) in [6, 6.07) is 14.8. The van der Waals surface area contributed by atoms with E-state index in [2.05, 4.69) is 4.99 Å². The molecule has 5 nitrogen and oxygen atoms in total. The van der Waals surface area contributed by atoms with Crippen molar-refractivity contribution in [1.82, 2.24) is 4.57 Å². The molecule has 0 spiro atoms. The molecule has 1 heterocycles. The van der Waals surface area contributed by atoms with E-state index in [1.165, 1.54) is 24.5 Å². The second kappa shape index (κ2) is 8.12. The molecule has 0 fully saturated rings. The Hall–Kier alpha value is -2.70. The fourth-order valence-corrected chi connectivity index (χ4v) is 3.65. The lowest BCUT2D eigenvalue weighted by molar-refractivity contribution is -0.141. The van der Waals surface area contributed by atoms with Gasteiger partial charge in [0.15, 0.2) is 4.80 Å². The minimum absolute atomic E-state index is 0.0351. The van der Waals surface area contributed by atoms with E-state index in [0.29, 0.717) is 9.82 Å². The minimum atomic E-state index is -0.423. The quantitative estimate of drug-likeness (QED) is 0.507. The molecule has 3 rings (SSSR count). The lowest BCUT2D eigenvalue weighted by atomic mass is 10.2. The van der Waals surface area contributed by atoms with Gasteiger partial charge in [-0.15, -0.1) is 0 Å². The molecule has 3 aromatic rings. The first-order chi connectivity index (χ1) is 12.6. The molecule has 0 saturated heterocycles. The average molecular weight is 387 g/mol. The van der Waals surface area contributed by atoms with Crippen LogP contribution in [-0.4, -0.2) is 23.6 Å². The normalized spacial score (nSPS) is 12.0. The van der Waals surface area contributed by atoms with Crippen LogP contribution in [0.4, 0.5) is 0 Å². The van der Waals surface area contributed by atoms with Crippen LogP contribution in [0.5, 0.6) is 0 Å². The van der Waals surface area contributed by atoms with Crippen LogP contribution in [0.3, 0.4) is 0 Å². The SMILES string of the molecule is COC(=O)Cn1c(=NC(=O)/C=C/c2ccccc2)sc2cc(Cl)ccc21. The summed E-state index contributed by atoms with van der Waals surface area (Å²) in [6.07, 6.45) is 3.09. The topological polar surface area (TPSA) is 60.7 Å². The molecular weight excluding hydrogens is 372 g/mol. The van der Waals surface area contributed by atoms with E-state index < -0.39 is 11.9 Å². The van der Waals surface area contributed by atoms with Gasteiger partial charge in [-0.1, -0.05) is 53.3 Å². The van der Waals surface area contributed by atoms with Gasteiger partial charge in [-0.05, 0) is 29.8 Å². The van der Waals surface area contributed by atoms with Crippen molar-refractivity contribution in [3.05, 3.63) is 70.0 Å². The van der Waals surface area contributed by atoms with Crippen molar-refractivity contribution in [3.63, 3.8) is 0 Å². The summed E-state index contributed by atoms with van der Waals surface area (Å²) in [5, 5.41) is 0.575. The van der Waals surface area contributed by atoms with Gasteiger partial charge < -0.3 is 9.30 Å². The molecule has 0 bridgehead atoms. The first kappa shape index (κ1) is 18.1. The van der Waals surface area contributed by atoms with Gasteiger partial charge in [0.05, 0.1) is 17.3 Å². The van der Waals surface area contributed by atoms with Crippen LogP contribution in [0.2, 0.25) is 5.02 Å². The molecule has 132 valence electrons. The highest BCUT2D eigenvalue weighted by Gasteiger charge is 2.11. The Kier molecular flexibility index (Phi) is 5.65. The van der Waals surface area contributed by atoms with Gasteiger partial charge in [-0.2, -0.15) is 4.99 Å². The number of hydrogen-bond donors (Lipinski definition) is 0. The molecule has 1 aromatic heterocycles. The van der Waals surface area contributed by atoms with E-state index in [1.807, 2.05) is 30.3 Å². The van der Waals surface area contributed by atoms with Crippen molar-refractivity contribution in [2.75, 3.05) is 7.11 Å². The van der Waals surface area contributed by atoms with E-state index >= 15 is 0 Å². The highest BCUT2D eigenvalue weighted by molar-refractivity contribution is 7.16. The van der Waals surface area contributed by atoms with E-state index in [-0.39, 0.29) is 6.54 Å². The number of rotatable bonds is 4. The molecular formula is C19H15ClN2O3S. The lowest BCUT2D eigenvalue weighted by Gasteiger charge is -2.03. The Bertz CT molecular complexity index is 1050. The van der Waals surface area contributed by atoms with Crippen LogP contribution in [0, 0.1) is 0 Å². The first-order valence-electron chi connectivity index (χ1n) is 7.74. The second-order valence-electron chi connectivity index (χ2n) is 5.35. The summed E-state index contributed by atoms with van der Waals surface area (Å²) in [5.74, 6) is -0.835. The highest BCUT2D eigenvalue weighted by atomic mass is 35.5. The number of benzene rings is 2. The summed E-state index contributed by atoms with van der Waals surface area (Å²) in [7, 11) is 1.32. The fraction of sp³-hybridized carbons (Fsp3) is 0.105. The highest BCUT2D eigenvalue weighted by Crippen LogP contribution is 2.22. The number of hydrogen-bond acceptors (Lipinski definition) is 4. The molecule has 26 heavy (non-hydrogen) atoms. The van der Waals surface area contributed by atoms with Gasteiger partial charge in [0, 0.05) is 11.1 Å². The van der Waals surface area contributed by atoms with E-state index in [9.17, 15) is 9.59 Å². The predicted octanol–water partition coefficient (Wildman–Crippen LogP) is 3.67. The molecule has 0 radical (unpaired) electrons. The monoisotopic (exact) mass is 386 g/mol. The zero-order chi connectivity index (χ0) is 18.5. The van der Waals surface area contributed by atoms with E-state index in [0.717, 1.165) is 15.8 Å². The number of nitrogens with zero attached hydrogens (tertiary/aromatic N) is 2. The summed E-state index contributed by atoms with van der Waals surface area (Å²) in [4.78, 5) is 28.5. The third-order valence-electron chi connectivity index (χ3n) is 3.58. The van der Waals surface area contributed by atoms with Crippen LogP contribution in [0.25, 0.3) is 16.3 Å². The average Bonchev–Trinajstić information content (AvgIpc) is 2.96. The third kappa shape index (κ3) is 4.28. The number of amides is 1. The van der Waals surface area contributed by atoms with E-state index in [1.54, 1.807) is 28.8 Å². The van der Waals surface area contributed by atoms with Gasteiger partial charge in [0.1, 0.15) is 6.54 Å². The number of esters is 1. The number of halogens is 1. The lowest BCUT2D eigenvalue weighted by Crippen LogP contribution is -2.22. The Labute approximate surface area is 158 Å². The summed E-state index contributed by atoms with van der Waals surface area (Å²) >= 11 is 7.32. The van der Waals surface area contributed by atoms with Gasteiger partial charge >= 0.3 is 5.97 Å². The molecule has 0 saturated carbocycles. The Balaban J connectivity index is 2.00. The first-order valence-corrected chi connectivity index (χ1v) is 8.94. The molecule has 0 N–H and O–H groups in total. The summed E-state index contributed by atoms with van der Waals surface area (Å²) in [5.41, 5.74) is 1.67. The molecule has 0 unspecified atom stereocenters. The number of carbonyl (C=O) groups excluding carboxylic acids is 2. The van der Waals surface area contributed by atoms with Gasteiger partial charge in [0.25, 0.3) is 5.91 Å². The molecule has 0 aliphatic rings. The van der Waals surface area contributed by atoms with E-state index in [4.69, 9.17) is 16.3 Å². The van der Waals surface area contributed by atoms with Crippen molar-refractivity contribution in [1.29, 1.82) is 0 Å². The smallest absolute Gasteiger partial charge is 0.325 e. The minimum Gasteiger partial charge on any atom is -0.468 e. The number of aromatic nitrogens is 1. The standard InChI is InChI=1S/C19H15ClN2O3S/c1-25-18(24)12-22-15-9-8-14(20)11-16(15)26-19(22)21-17(23)10-7-13-5-3-2-4-6-13/h2-11H,12H2,1H3/b10-7+,21-19?. The molecule has 2 aromatic carbocycles. The zero-order valence-corrected chi connectivity index (χ0v) is 15.5. The number of thiazole rings is 1. The van der Waals surface area contributed by atoms with Crippen molar-refractivity contribution < 1.29 is 14.3 Å². The molecule has 0 aliphatic carbocycles. The summed E-state index contributed by atoms with van der Waals surface area (Å²) < 4.78 is 7.22. The maximum absolute atomic E-state index is 12.2. The molecule has 1 amide bonds. The van der Waals surface area contributed by atoms with Gasteiger partial charge in [-0.25, -0.2) is 0 Å². The number of carbonyl (C=O) groups is 2. The summed E-state index contributed by atoms with van der Waals surface area (Å²) in [6.45, 7) is -0.0351. The van der Waals surface area contributed by atoms with Crippen LogP contribution in [0.15, 0.2) is 59.6 Å². The van der Waals surface area contributed by atoms with Gasteiger partial charge in [-0.3, -0.25) is 9.59 Å². The fourth-order valence-electron chi connectivity index (χ4n) is 2.34. The largest absolute Gasteiger partial charge is 0.468 e. The van der Waals surface area contributed by atoms with Crippen LogP contribution in [-0.2, 0) is 20.9 Å². The Morgan fingerprint density at radius 2 is 2.00 bits per heavy atom. The number of fused-ring (bicyclic) bond motifs is 1. The van der Waals surface area contributed by atoms with Crippen molar-refractivity contribution in [2.45, 2.75) is 6.54 Å². The van der Waals surface area contributed by atoms with Crippen LogP contribution < -0.4 is 4.80 Å². The molecule has 0 atom stereocenters. The third-order valence-corrected chi connectivity index (χ3v) is 4.86. The van der Waals surface area contributed by atoms with Gasteiger partial charge in [0.2, 0.25) is 0 Å². The number of ether oxygens (including phenoxy) is 1. The van der Waals surface area contributed by atoms with Crippen molar-refractivity contribution >= 4 is 51.1 Å². The second-order valence-corrected chi connectivity index (χ2v) is 6.80. The van der Waals surface area contributed by atoms with Crippen molar-refractivity contribution in [3.8, 4) is 0 Å². The maximum atomic E-state index is 12.2. The molecule has 0 aliphatic heterocycles. The molecule has 7 heteroatoms. The number of methoxy groups -OCH3 is 1. The van der Waals surface area contributed by atoms with Crippen LogP contribution in [0.1, 0.15) is 5.56 Å². The Morgan fingerprint density at radius 3 is 2.73 bits per heavy atom. The van der Waals surface area contributed by atoms with Crippen molar-refractivity contribution in [2.24, 2.45) is 4.99 Å².